The number of halogens is 3. The molecule has 0 saturated heterocycles. The number of hydrogen-bond acceptors (Lipinski definition) is 4. The highest BCUT2D eigenvalue weighted by Gasteiger charge is 2.32. The van der Waals surface area contributed by atoms with E-state index in [0.29, 0.717) is 16.7 Å². The van der Waals surface area contributed by atoms with Crippen LogP contribution in [0.2, 0.25) is 0 Å². The quantitative estimate of drug-likeness (QED) is 0.282. The van der Waals surface area contributed by atoms with Gasteiger partial charge in [0, 0.05) is 0 Å². The fourth-order valence-corrected chi connectivity index (χ4v) is 4.16. The van der Waals surface area contributed by atoms with E-state index in [2.05, 4.69) is 9.97 Å². The summed E-state index contributed by atoms with van der Waals surface area (Å²) in [5, 5.41) is 0.329. The van der Waals surface area contributed by atoms with Crippen LogP contribution < -0.4 is 10.3 Å². The molecular formula is C28H20F3N3O2. The first kappa shape index (κ1) is 23.3. The van der Waals surface area contributed by atoms with E-state index in [9.17, 15) is 18.0 Å². The largest absolute Gasteiger partial charge is 0.456 e. The van der Waals surface area contributed by atoms with Crippen molar-refractivity contribution < 1.29 is 17.9 Å². The molecule has 0 aliphatic heterocycles. The Hall–Kier alpha value is -4.46. The highest BCUT2D eigenvalue weighted by molar-refractivity contribution is 5.79. The van der Waals surface area contributed by atoms with E-state index in [1.807, 2.05) is 60.7 Å². The molecule has 36 heavy (non-hydrogen) atoms. The van der Waals surface area contributed by atoms with Crippen LogP contribution in [0, 0.1) is 6.92 Å². The molecule has 0 saturated carbocycles. The zero-order chi connectivity index (χ0) is 25.3. The van der Waals surface area contributed by atoms with Gasteiger partial charge in [0.15, 0.2) is 0 Å². The number of nitrogens with zero attached hydrogens (tertiary/aromatic N) is 3. The van der Waals surface area contributed by atoms with Gasteiger partial charge >= 0.3 is 6.18 Å². The molecule has 3 aromatic carbocycles. The van der Waals surface area contributed by atoms with Crippen molar-refractivity contribution in [3.63, 3.8) is 0 Å². The zero-order valence-corrected chi connectivity index (χ0v) is 19.1. The summed E-state index contributed by atoms with van der Waals surface area (Å²) in [6.07, 6.45) is -3.54. The van der Waals surface area contributed by atoms with Gasteiger partial charge in [0.1, 0.15) is 23.0 Å². The summed E-state index contributed by atoms with van der Waals surface area (Å²) >= 11 is 0. The van der Waals surface area contributed by atoms with Crippen molar-refractivity contribution >= 4 is 10.9 Å². The molecule has 2 aromatic heterocycles. The van der Waals surface area contributed by atoms with Crippen molar-refractivity contribution in [2.24, 2.45) is 0 Å². The second-order valence-electron chi connectivity index (χ2n) is 8.22. The van der Waals surface area contributed by atoms with E-state index in [1.54, 1.807) is 29.7 Å². The van der Waals surface area contributed by atoms with E-state index in [-0.39, 0.29) is 17.1 Å². The third-order valence-corrected chi connectivity index (χ3v) is 5.80. The number of alkyl halides is 3. The molecule has 0 amide bonds. The molecule has 2 heterocycles. The second-order valence-corrected chi connectivity index (χ2v) is 8.22. The van der Waals surface area contributed by atoms with Crippen LogP contribution in [0.3, 0.4) is 0 Å². The first-order chi connectivity index (χ1) is 17.3. The van der Waals surface area contributed by atoms with Crippen molar-refractivity contribution in [2.45, 2.75) is 19.1 Å². The van der Waals surface area contributed by atoms with Crippen molar-refractivity contribution in [1.29, 1.82) is 0 Å². The van der Waals surface area contributed by atoms with Crippen LogP contribution in [-0.4, -0.2) is 14.5 Å². The first-order valence-electron chi connectivity index (χ1n) is 11.1. The Morgan fingerprint density at radius 3 is 2.00 bits per heavy atom. The molecule has 0 atom stereocenters. The molecule has 0 unspecified atom stereocenters. The maximum Gasteiger partial charge on any atom is 0.433 e. The van der Waals surface area contributed by atoms with E-state index in [1.165, 1.54) is 6.07 Å². The molecule has 0 N–H and O–H groups in total. The molecular weight excluding hydrogens is 467 g/mol. The van der Waals surface area contributed by atoms with Crippen molar-refractivity contribution in [1.82, 2.24) is 14.5 Å². The van der Waals surface area contributed by atoms with Gasteiger partial charge in [-0.25, -0.2) is 9.97 Å². The number of hydrogen-bond donors (Lipinski definition) is 0. The van der Waals surface area contributed by atoms with Gasteiger partial charge in [-0.2, -0.15) is 13.2 Å². The Bertz CT molecular complexity index is 1530. The molecule has 0 fully saturated rings. The van der Waals surface area contributed by atoms with E-state index in [0.717, 1.165) is 23.4 Å². The number of aromatic nitrogens is 3. The van der Waals surface area contributed by atoms with Crippen LogP contribution in [-0.2, 0) is 6.18 Å². The van der Waals surface area contributed by atoms with Crippen LogP contribution >= 0.6 is 0 Å². The van der Waals surface area contributed by atoms with Gasteiger partial charge in [0.25, 0.3) is 5.56 Å². The fraction of sp³-hybridized carbons (Fsp3) is 0.107. The van der Waals surface area contributed by atoms with Crippen LogP contribution in [0.4, 0.5) is 13.2 Å². The topological polar surface area (TPSA) is 57.0 Å². The lowest BCUT2D eigenvalue weighted by Gasteiger charge is -2.23. The van der Waals surface area contributed by atoms with Crippen LogP contribution in [0.5, 0.6) is 11.5 Å². The maximum atomic E-state index is 13.8. The Morgan fingerprint density at radius 1 is 0.833 bits per heavy atom. The highest BCUT2D eigenvalue weighted by Crippen LogP contribution is 2.31. The van der Waals surface area contributed by atoms with Crippen molar-refractivity contribution in [3.8, 4) is 11.5 Å². The average Bonchev–Trinajstić information content (AvgIpc) is 2.88. The smallest absolute Gasteiger partial charge is 0.433 e. The van der Waals surface area contributed by atoms with Gasteiger partial charge in [-0.1, -0.05) is 60.7 Å². The predicted molar refractivity (Wildman–Crippen MR) is 130 cm³/mol. The van der Waals surface area contributed by atoms with Gasteiger partial charge in [-0.15, -0.1) is 0 Å². The summed E-state index contributed by atoms with van der Waals surface area (Å²) in [6.45, 7) is 1.79. The SMILES string of the molecule is Cc1nc2ccc(Oc3ccc(C(F)(F)F)nc3)cc2c(=O)n1C(c1ccccc1)c1ccccc1. The number of pyridine rings is 1. The summed E-state index contributed by atoms with van der Waals surface area (Å²) < 4.78 is 45.7. The van der Waals surface area contributed by atoms with Crippen LogP contribution in [0.15, 0.2) is 102 Å². The molecule has 8 heteroatoms. The van der Waals surface area contributed by atoms with Gasteiger partial charge in [-0.3, -0.25) is 9.36 Å². The minimum atomic E-state index is -4.54. The Kier molecular flexibility index (Phi) is 6.01. The Balaban J connectivity index is 1.59. The van der Waals surface area contributed by atoms with Gasteiger partial charge in [-0.05, 0) is 48.4 Å². The van der Waals surface area contributed by atoms with Crippen LogP contribution in [0.25, 0.3) is 10.9 Å². The van der Waals surface area contributed by atoms with Crippen molar-refractivity contribution in [2.75, 3.05) is 0 Å². The zero-order valence-electron chi connectivity index (χ0n) is 19.1. The molecule has 5 aromatic rings. The lowest BCUT2D eigenvalue weighted by molar-refractivity contribution is -0.141. The molecule has 0 bridgehead atoms. The lowest BCUT2D eigenvalue weighted by atomic mass is 9.98. The highest BCUT2D eigenvalue weighted by atomic mass is 19.4. The summed E-state index contributed by atoms with van der Waals surface area (Å²) in [7, 11) is 0. The number of fused-ring (bicyclic) bond motifs is 1. The minimum Gasteiger partial charge on any atom is -0.456 e. The molecule has 0 spiro atoms. The molecule has 5 rings (SSSR count). The average molecular weight is 487 g/mol. The molecule has 0 aliphatic carbocycles. The first-order valence-corrected chi connectivity index (χ1v) is 11.1. The summed E-state index contributed by atoms with van der Waals surface area (Å²) in [5.74, 6) is 0.953. The number of benzene rings is 3. The second kappa shape index (κ2) is 9.30. The van der Waals surface area contributed by atoms with E-state index < -0.39 is 17.9 Å². The third kappa shape index (κ3) is 4.57. The molecule has 0 radical (unpaired) electrons. The Labute approximate surface area is 204 Å². The normalized spacial score (nSPS) is 11.7. The third-order valence-electron chi connectivity index (χ3n) is 5.80. The molecule has 180 valence electrons. The van der Waals surface area contributed by atoms with Crippen LogP contribution in [0.1, 0.15) is 28.7 Å². The molecule has 5 nitrogen and oxygen atoms in total. The fourth-order valence-electron chi connectivity index (χ4n) is 4.16. The van der Waals surface area contributed by atoms with E-state index >= 15 is 0 Å². The summed E-state index contributed by atoms with van der Waals surface area (Å²) in [4.78, 5) is 21.9. The number of ether oxygens (including phenoxy) is 1. The van der Waals surface area contributed by atoms with Gasteiger partial charge in [0.05, 0.1) is 23.1 Å². The lowest BCUT2D eigenvalue weighted by Crippen LogP contribution is -2.29. The monoisotopic (exact) mass is 487 g/mol. The predicted octanol–water partition coefficient (Wildman–Crippen LogP) is 6.55. The van der Waals surface area contributed by atoms with Crippen molar-refractivity contribution in [3.05, 3.63) is 130 Å². The maximum absolute atomic E-state index is 13.8. The number of rotatable bonds is 5. The van der Waals surface area contributed by atoms with Gasteiger partial charge in [0.2, 0.25) is 0 Å². The number of aryl methyl sites for hydroxylation is 1. The van der Waals surface area contributed by atoms with Gasteiger partial charge < -0.3 is 4.74 Å². The Morgan fingerprint density at radius 2 is 1.44 bits per heavy atom. The summed E-state index contributed by atoms with van der Waals surface area (Å²) in [5.41, 5.74) is 1.08. The standard InChI is InChI=1S/C28H20F3N3O2/c1-18-33-24-14-12-21(36-22-13-15-25(32-17-22)28(29,30)31)16-23(24)27(35)34(18)26(19-8-4-2-5-9-19)20-10-6-3-7-11-20/h2-17,26H,1H3. The summed E-state index contributed by atoms with van der Waals surface area (Å²) in [6, 6.07) is 25.8. The minimum absolute atomic E-state index is 0.120. The van der Waals surface area contributed by atoms with E-state index in [4.69, 9.17) is 4.74 Å². The molecule has 0 aliphatic rings.